The van der Waals surface area contributed by atoms with E-state index in [9.17, 15) is 14.7 Å². The molecule has 3 fully saturated rings. The van der Waals surface area contributed by atoms with Gasteiger partial charge in [0.1, 0.15) is 0 Å². The minimum atomic E-state index is -0.505. The van der Waals surface area contributed by atoms with E-state index in [4.69, 9.17) is 0 Å². The predicted molar refractivity (Wildman–Crippen MR) is 106 cm³/mol. The number of amides is 2. The highest BCUT2D eigenvalue weighted by molar-refractivity contribution is 5.94. The lowest BCUT2D eigenvalue weighted by molar-refractivity contribution is -0.135. The number of β-amino-alcohol motifs (C(OH)–C–C–N with tert-alkyl or cyclic N) is 1. The van der Waals surface area contributed by atoms with Crippen LogP contribution in [0.5, 0.6) is 0 Å². The molecule has 1 unspecified atom stereocenters. The topological polar surface area (TPSA) is 73.7 Å². The van der Waals surface area contributed by atoms with Gasteiger partial charge in [-0.15, -0.1) is 0 Å². The van der Waals surface area contributed by atoms with Crippen LogP contribution in [0, 0.1) is 11.3 Å². The first-order valence-electron chi connectivity index (χ1n) is 10.7. The molecule has 1 spiro atoms. The van der Waals surface area contributed by atoms with Gasteiger partial charge in [0, 0.05) is 45.0 Å². The van der Waals surface area contributed by atoms with Crippen molar-refractivity contribution in [1.29, 1.82) is 0 Å². The van der Waals surface area contributed by atoms with Crippen LogP contribution in [0.2, 0.25) is 0 Å². The number of aliphatic hydroxyl groups excluding tert-OH is 1. The zero-order valence-electron chi connectivity index (χ0n) is 16.6. The van der Waals surface area contributed by atoms with E-state index in [1.54, 1.807) is 29.4 Å². The number of carbonyl (C=O) groups excluding carboxylic acids is 2. The number of likely N-dealkylation sites (tertiary alicyclic amines) is 2. The lowest BCUT2D eigenvalue weighted by Gasteiger charge is -2.49. The van der Waals surface area contributed by atoms with Crippen molar-refractivity contribution in [3.05, 3.63) is 30.1 Å². The molecule has 28 heavy (non-hydrogen) atoms. The van der Waals surface area contributed by atoms with E-state index in [-0.39, 0.29) is 11.3 Å². The fourth-order valence-electron chi connectivity index (χ4n) is 5.36. The van der Waals surface area contributed by atoms with E-state index in [0.717, 1.165) is 25.9 Å². The fourth-order valence-corrected chi connectivity index (χ4v) is 5.36. The van der Waals surface area contributed by atoms with Crippen molar-refractivity contribution in [2.75, 3.05) is 26.2 Å². The Hall–Kier alpha value is -1.95. The summed E-state index contributed by atoms with van der Waals surface area (Å²) >= 11 is 0. The zero-order valence-corrected chi connectivity index (χ0v) is 16.6. The summed E-state index contributed by atoms with van der Waals surface area (Å²) in [4.78, 5) is 33.3. The molecule has 152 valence electrons. The number of piperidine rings is 2. The van der Waals surface area contributed by atoms with E-state index in [0.29, 0.717) is 43.3 Å². The van der Waals surface area contributed by atoms with Gasteiger partial charge < -0.3 is 14.9 Å². The van der Waals surface area contributed by atoms with Crippen LogP contribution in [-0.4, -0.2) is 64.0 Å². The summed E-state index contributed by atoms with van der Waals surface area (Å²) in [6.45, 7) is 2.52. The molecule has 2 amide bonds. The zero-order chi connectivity index (χ0) is 19.6. The van der Waals surface area contributed by atoms with Crippen LogP contribution in [0.1, 0.15) is 61.7 Å². The van der Waals surface area contributed by atoms with Gasteiger partial charge in [0.15, 0.2) is 0 Å². The Morgan fingerprint density at radius 1 is 1.18 bits per heavy atom. The second-order valence-electron chi connectivity index (χ2n) is 9.02. The molecule has 0 aromatic carbocycles. The number of nitrogens with zero attached hydrogens (tertiary/aromatic N) is 3. The van der Waals surface area contributed by atoms with Crippen LogP contribution in [0.25, 0.3) is 0 Å². The molecule has 4 rings (SSSR count). The SMILES string of the molecule is O=C(CC1CCCC1)N1CCC2(CC1)CC(O)CN(C(=O)c1cccnc1)C2. The molecule has 1 aromatic heterocycles. The summed E-state index contributed by atoms with van der Waals surface area (Å²) in [5.74, 6) is 0.805. The van der Waals surface area contributed by atoms with Crippen LogP contribution in [0.4, 0.5) is 0 Å². The standard InChI is InChI=1S/C22H31N3O3/c26-19-13-22(16-25(15-19)21(28)18-6-3-9-23-14-18)7-10-24(11-8-22)20(27)12-17-4-1-2-5-17/h3,6,9,14,17,19,26H,1-2,4-5,7-8,10-13,15-16H2. The van der Waals surface area contributed by atoms with Crippen molar-refractivity contribution < 1.29 is 14.7 Å². The highest BCUT2D eigenvalue weighted by Crippen LogP contribution is 2.40. The smallest absolute Gasteiger partial charge is 0.255 e. The number of carbonyl (C=O) groups is 2. The first-order valence-corrected chi connectivity index (χ1v) is 10.7. The molecule has 0 bridgehead atoms. The average Bonchev–Trinajstić information content (AvgIpc) is 3.21. The Balaban J connectivity index is 1.37. The number of hydrogen-bond donors (Lipinski definition) is 1. The highest BCUT2D eigenvalue weighted by Gasteiger charge is 2.43. The summed E-state index contributed by atoms with van der Waals surface area (Å²) in [7, 11) is 0. The van der Waals surface area contributed by atoms with Crippen molar-refractivity contribution in [3.63, 3.8) is 0 Å². The van der Waals surface area contributed by atoms with Crippen LogP contribution in [-0.2, 0) is 4.79 Å². The number of aliphatic hydroxyl groups is 1. The van der Waals surface area contributed by atoms with Gasteiger partial charge in [0.25, 0.3) is 5.91 Å². The van der Waals surface area contributed by atoms with E-state index in [1.807, 2.05) is 4.90 Å². The van der Waals surface area contributed by atoms with Crippen LogP contribution in [0.3, 0.4) is 0 Å². The first-order chi connectivity index (χ1) is 13.5. The second kappa shape index (κ2) is 8.19. The second-order valence-corrected chi connectivity index (χ2v) is 9.02. The van der Waals surface area contributed by atoms with E-state index >= 15 is 0 Å². The van der Waals surface area contributed by atoms with Crippen molar-refractivity contribution in [3.8, 4) is 0 Å². The van der Waals surface area contributed by atoms with Gasteiger partial charge >= 0.3 is 0 Å². The van der Waals surface area contributed by atoms with Gasteiger partial charge in [-0.25, -0.2) is 0 Å². The van der Waals surface area contributed by atoms with Crippen molar-refractivity contribution in [2.45, 2.75) is 57.5 Å². The molecule has 1 aliphatic carbocycles. The monoisotopic (exact) mass is 385 g/mol. The Morgan fingerprint density at radius 3 is 2.61 bits per heavy atom. The van der Waals surface area contributed by atoms with Crippen LogP contribution >= 0.6 is 0 Å². The minimum absolute atomic E-state index is 0.0639. The largest absolute Gasteiger partial charge is 0.391 e. The molecular weight excluding hydrogens is 354 g/mol. The Labute approximate surface area is 166 Å². The molecular formula is C22H31N3O3. The van der Waals surface area contributed by atoms with E-state index in [2.05, 4.69) is 4.98 Å². The van der Waals surface area contributed by atoms with Gasteiger partial charge in [0.2, 0.25) is 5.91 Å². The van der Waals surface area contributed by atoms with Gasteiger partial charge in [-0.05, 0) is 55.6 Å². The highest BCUT2D eigenvalue weighted by atomic mass is 16.3. The third-order valence-corrected chi connectivity index (χ3v) is 6.94. The number of pyridine rings is 1. The molecule has 1 saturated carbocycles. The van der Waals surface area contributed by atoms with Crippen LogP contribution in [0.15, 0.2) is 24.5 Å². The molecule has 1 atom stereocenters. The molecule has 3 heterocycles. The van der Waals surface area contributed by atoms with E-state index < -0.39 is 6.10 Å². The third-order valence-electron chi connectivity index (χ3n) is 6.94. The molecule has 2 saturated heterocycles. The van der Waals surface area contributed by atoms with Crippen molar-refractivity contribution in [1.82, 2.24) is 14.8 Å². The number of rotatable bonds is 3. The molecule has 3 aliphatic rings. The minimum Gasteiger partial charge on any atom is -0.391 e. The summed E-state index contributed by atoms with van der Waals surface area (Å²) in [6, 6.07) is 3.53. The van der Waals surface area contributed by atoms with E-state index in [1.165, 1.54) is 25.7 Å². The first kappa shape index (κ1) is 19.4. The molecule has 1 N–H and O–H groups in total. The third kappa shape index (κ3) is 4.22. The number of hydrogen-bond acceptors (Lipinski definition) is 4. The summed E-state index contributed by atoms with van der Waals surface area (Å²) in [6.07, 6.45) is 10.8. The maximum atomic E-state index is 12.8. The van der Waals surface area contributed by atoms with Crippen molar-refractivity contribution >= 4 is 11.8 Å². The fraction of sp³-hybridized carbons (Fsp3) is 0.682. The molecule has 6 heteroatoms. The van der Waals surface area contributed by atoms with Gasteiger partial charge in [0.05, 0.1) is 11.7 Å². The molecule has 2 aliphatic heterocycles. The Kier molecular flexibility index (Phi) is 5.67. The average molecular weight is 386 g/mol. The quantitative estimate of drug-likeness (QED) is 0.867. The summed E-state index contributed by atoms with van der Waals surface area (Å²) in [5, 5.41) is 10.5. The van der Waals surface area contributed by atoms with Gasteiger partial charge in [-0.3, -0.25) is 14.6 Å². The molecule has 0 radical (unpaired) electrons. The molecule has 1 aromatic rings. The lowest BCUT2D eigenvalue weighted by Crippen LogP contribution is -2.55. The molecule has 6 nitrogen and oxygen atoms in total. The van der Waals surface area contributed by atoms with Crippen LogP contribution < -0.4 is 0 Å². The van der Waals surface area contributed by atoms with Gasteiger partial charge in [-0.1, -0.05) is 12.8 Å². The predicted octanol–water partition coefficient (Wildman–Crippen LogP) is 2.48. The Bertz CT molecular complexity index is 694. The Morgan fingerprint density at radius 2 is 1.93 bits per heavy atom. The number of aromatic nitrogens is 1. The lowest BCUT2D eigenvalue weighted by atomic mass is 9.71. The maximum Gasteiger partial charge on any atom is 0.255 e. The summed E-state index contributed by atoms with van der Waals surface area (Å²) in [5.41, 5.74) is 0.482. The van der Waals surface area contributed by atoms with Gasteiger partial charge in [-0.2, -0.15) is 0 Å². The normalized spacial score (nSPS) is 25.2. The summed E-state index contributed by atoms with van der Waals surface area (Å²) < 4.78 is 0. The van der Waals surface area contributed by atoms with Crippen molar-refractivity contribution in [2.24, 2.45) is 11.3 Å². The maximum absolute atomic E-state index is 12.8.